The summed E-state index contributed by atoms with van der Waals surface area (Å²) in [6, 6.07) is 3.73. The standard InChI is InChI=1S/C13H16FN5O2S/c1-10-8-11(14)2-3-12(10)22(20,21)19-6-4-18(5-7-19)13-15-9-16-17-13/h2-3,8-9H,4-7H2,1H3,(H,15,16,17). The van der Waals surface area contributed by atoms with Crippen molar-refractivity contribution in [2.24, 2.45) is 0 Å². The zero-order chi connectivity index (χ0) is 15.7. The predicted molar refractivity (Wildman–Crippen MR) is 78.5 cm³/mol. The van der Waals surface area contributed by atoms with Gasteiger partial charge in [0.15, 0.2) is 0 Å². The first-order valence-corrected chi connectivity index (χ1v) is 8.29. The fraction of sp³-hybridized carbons (Fsp3) is 0.385. The lowest BCUT2D eigenvalue weighted by Gasteiger charge is -2.33. The molecule has 0 atom stereocenters. The minimum atomic E-state index is -3.61. The number of halogens is 1. The molecule has 0 spiro atoms. The normalized spacial score (nSPS) is 16.9. The number of anilines is 1. The summed E-state index contributed by atoms with van der Waals surface area (Å²) in [6.45, 7) is 3.34. The number of aromatic amines is 1. The summed E-state index contributed by atoms with van der Waals surface area (Å²) in [6.07, 6.45) is 1.42. The fourth-order valence-electron chi connectivity index (χ4n) is 2.53. The number of nitrogens with one attached hydrogen (secondary N) is 1. The van der Waals surface area contributed by atoms with Gasteiger partial charge in [-0.25, -0.2) is 17.9 Å². The fourth-order valence-corrected chi connectivity index (χ4v) is 4.16. The van der Waals surface area contributed by atoms with Crippen LogP contribution in [0.4, 0.5) is 10.3 Å². The number of hydrogen-bond donors (Lipinski definition) is 1. The number of H-pyrrole nitrogens is 1. The maximum Gasteiger partial charge on any atom is 0.243 e. The molecule has 1 aromatic carbocycles. The molecule has 1 aromatic heterocycles. The molecule has 1 fully saturated rings. The third kappa shape index (κ3) is 2.69. The molecular weight excluding hydrogens is 309 g/mol. The molecule has 0 bridgehead atoms. The van der Waals surface area contributed by atoms with E-state index in [1.807, 2.05) is 4.90 Å². The van der Waals surface area contributed by atoms with Crippen LogP contribution in [0.2, 0.25) is 0 Å². The summed E-state index contributed by atoms with van der Waals surface area (Å²) in [5, 5.41) is 6.55. The molecule has 9 heteroatoms. The van der Waals surface area contributed by atoms with Gasteiger partial charge in [-0.3, -0.25) is 0 Å². The van der Waals surface area contributed by atoms with Crippen LogP contribution in [0.1, 0.15) is 5.56 Å². The van der Waals surface area contributed by atoms with Gasteiger partial charge in [0.05, 0.1) is 4.90 Å². The Morgan fingerprint density at radius 2 is 1.95 bits per heavy atom. The number of piperazine rings is 1. The lowest BCUT2D eigenvalue weighted by atomic mass is 10.2. The largest absolute Gasteiger partial charge is 0.339 e. The molecule has 7 nitrogen and oxygen atoms in total. The Kier molecular flexibility index (Phi) is 3.83. The van der Waals surface area contributed by atoms with Gasteiger partial charge in [-0.05, 0) is 30.7 Å². The molecule has 1 aliphatic heterocycles. The van der Waals surface area contributed by atoms with E-state index in [1.165, 1.54) is 28.8 Å². The zero-order valence-corrected chi connectivity index (χ0v) is 12.8. The molecule has 0 unspecified atom stereocenters. The van der Waals surface area contributed by atoms with Crippen molar-refractivity contribution < 1.29 is 12.8 Å². The first-order chi connectivity index (χ1) is 10.5. The lowest BCUT2D eigenvalue weighted by Crippen LogP contribution is -2.49. The highest BCUT2D eigenvalue weighted by Crippen LogP contribution is 2.22. The van der Waals surface area contributed by atoms with Crippen LogP contribution in [0.25, 0.3) is 0 Å². The van der Waals surface area contributed by atoms with Gasteiger partial charge in [0.1, 0.15) is 12.1 Å². The number of rotatable bonds is 3. The van der Waals surface area contributed by atoms with Crippen LogP contribution in [0, 0.1) is 12.7 Å². The van der Waals surface area contributed by atoms with Crippen molar-refractivity contribution in [3.8, 4) is 0 Å². The van der Waals surface area contributed by atoms with Gasteiger partial charge in [-0.2, -0.15) is 14.4 Å². The SMILES string of the molecule is Cc1cc(F)ccc1S(=O)(=O)N1CCN(c2ncn[nH]2)CC1. The van der Waals surface area contributed by atoms with Crippen LogP contribution in [0.15, 0.2) is 29.4 Å². The van der Waals surface area contributed by atoms with Crippen molar-refractivity contribution in [3.05, 3.63) is 35.9 Å². The summed E-state index contributed by atoms with van der Waals surface area (Å²) in [5.74, 6) is 0.196. The highest BCUT2D eigenvalue weighted by molar-refractivity contribution is 7.89. The second-order valence-corrected chi connectivity index (χ2v) is 7.02. The first kappa shape index (κ1) is 14.9. The molecule has 22 heavy (non-hydrogen) atoms. The van der Waals surface area contributed by atoms with Gasteiger partial charge in [-0.15, -0.1) is 0 Å². The van der Waals surface area contributed by atoms with Crippen molar-refractivity contribution >= 4 is 16.0 Å². The molecule has 2 heterocycles. The van der Waals surface area contributed by atoms with Crippen molar-refractivity contribution in [1.29, 1.82) is 0 Å². The van der Waals surface area contributed by atoms with E-state index >= 15 is 0 Å². The van der Waals surface area contributed by atoms with Gasteiger partial charge in [-0.1, -0.05) is 0 Å². The number of benzene rings is 1. The monoisotopic (exact) mass is 325 g/mol. The van der Waals surface area contributed by atoms with E-state index in [0.29, 0.717) is 37.7 Å². The highest BCUT2D eigenvalue weighted by Gasteiger charge is 2.30. The van der Waals surface area contributed by atoms with Gasteiger partial charge in [0.25, 0.3) is 0 Å². The van der Waals surface area contributed by atoms with Crippen molar-refractivity contribution in [2.75, 3.05) is 31.1 Å². The molecule has 0 saturated carbocycles. The van der Waals surface area contributed by atoms with E-state index in [9.17, 15) is 12.8 Å². The highest BCUT2D eigenvalue weighted by atomic mass is 32.2. The second-order valence-electron chi connectivity index (χ2n) is 5.11. The van der Waals surface area contributed by atoms with Crippen LogP contribution in [0.3, 0.4) is 0 Å². The average Bonchev–Trinajstić information content (AvgIpc) is 3.01. The Morgan fingerprint density at radius 3 is 2.55 bits per heavy atom. The maximum atomic E-state index is 13.2. The lowest BCUT2D eigenvalue weighted by molar-refractivity contribution is 0.382. The Hall–Kier alpha value is -2.00. The van der Waals surface area contributed by atoms with Crippen LogP contribution in [-0.2, 0) is 10.0 Å². The van der Waals surface area contributed by atoms with E-state index in [2.05, 4.69) is 15.2 Å². The molecule has 0 aliphatic carbocycles. The molecule has 118 valence electrons. The van der Waals surface area contributed by atoms with E-state index in [0.717, 1.165) is 0 Å². The quantitative estimate of drug-likeness (QED) is 0.901. The number of sulfonamides is 1. The number of aromatic nitrogens is 3. The number of hydrogen-bond acceptors (Lipinski definition) is 5. The smallest absolute Gasteiger partial charge is 0.243 e. The molecular formula is C13H16FN5O2S. The van der Waals surface area contributed by atoms with Gasteiger partial charge in [0, 0.05) is 26.2 Å². The van der Waals surface area contributed by atoms with Crippen LogP contribution < -0.4 is 4.90 Å². The van der Waals surface area contributed by atoms with Crippen LogP contribution in [-0.4, -0.2) is 54.1 Å². The topological polar surface area (TPSA) is 82.2 Å². The van der Waals surface area contributed by atoms with E-state index in [-0.39, 0.29) is 4.90 Å². The first-order valence-electron chi connectivity index (χ1n) is 6.85. The number of aryl methyl sites for hydroxylation is 1. The molecule has 1 aliphatic rings. The van der Waals surface area contributed by atoms with Crippen molar-refractivity contribution in [1.82, 2.24) is 19.5 Å². The van der Waals surface area contributed by atoms with Gasteiger partial charge >= 0.3 is 0 Å². The summed E-state index contributed by atoms with van der Waals surface area (Å²) in [7, 11) is -3.61. The van der Waals surface area contributed by atoms with E-state index < -0.39 is 15.8 Å². The molecule has 2 aromatic rings. The number of nitrogens with zero attached hydrogens (tertiary/aromatic N) is 4. The van der Waals surface area contributed by atoms with Crippen LogP contribution in [0.5, 0.6) is 0 Å². The summed E-state index contributed by atoms with van der Waals surface area (Å²) in [5.41, 5.74) is 0.415. The Balaban J connectivity index is 1.77. The van der Waals surface area contributed by atoms with Crippen molar-refractivity contribution in [3.63, 3.8) is 0 Å². The molecule has 0 amide bonds. The summed E-state index contributed by atoms with van der Waals surface area (Å²) in [4.78, 5) is 6.15. The predicted octanol–water partition coefficient (Wildman–Crippen LogP) is 0.763. The van der Waals surface area contributed by atoms with Crippen LogP contribution >= 0.6 is 0 Å². The minimum Gasteiger partial charge on any atom is -0.339 e. The maximum absolute atomic E-state index is 13.2. The van der Waals surface area contributed by atoms with Gasteiger partial charge < -0.3 is 4.90 Å². The molecule has 1 N–H and O–H groups in total. The third-order valence-electron chi connectivity index (χ3n) is 3.70. The Morgan fingerprint density at radius 1 is 1.23 bits per heavy atom. The third-order valence-corrected chi connectivity index (χ3v) is 5.75. The minimum absolute atomic E-state index is 0.155. The van der Waals surface area contributed by atoms with Crippen molar-refractivity contribution in [2.45, 2.75) is 11.8 Å². The average molecular weight is 325 g/mol. The summed E-state index contributed by atoms with van der Waals surface area (Å²) >= 11 is 0. The van der Waals surface area contributed by atoms with E-state index in [4.69, 9.17) is 0 Å². The molecule has 1 saturated heterocycles. The zero-order valence-electron chi connectivity index (χ0n) is 12.0. The molecule has 0 radical (unpaired) electrons. The molecule has 3 rings (SSSR count). The Bertz CT molecular complexity index is 755. The van der Waals surface area contributed by atoms with E-state index in [1.54, 1.807) is 6.92 Å². The van der Waals surface area contributed by atoms with Gasteiger partial charge in [0.2, 0.25) is 16.0 Å². The summed E-state index contributed by atoms with van der Waals surface area (Å²) < 4.78 is 39.9. The second kappa shape index (κ2) is 5.65. The Labute approximate surface area is 127 Å².